The van der Waals surface area contributed by atoms with Gasteiger partial charge in [0.15, 0.2) is 0 Å². The highest BCUT2D eigenvalue weighted by atomic mass is 16.6. The van der Waals surface area contributed by atoms with Gasteiger partial charge in [0.2, 0.25) is 6.04 Å². The molecule has 0 aliphatic heterocycles. The first kappa shape index (κ1) is 15.0. The molecular weight excluding hydrogens is 300 g/mol. The second kappa shape index (κ2) is 6.43. The summed E-state index contributed by atoms with van der Waals surface area (Å²) in [7, 11) is 0. The van der Waals surface area contributed by atoms with E-state index >= 15 is 0 Å². The summed E-state index contributed by atoms with van der Waals surface area (Å²) in [5, 5.41) is 10.5. The number of carbonyl (C=O) groups is 1. The quantitative estimate of drug-likeness (QED) is 0.462. The second-order valence-corrected chi connectivity index (χ2v) is 5.24. The maximum atomic E-state index is 11.6. The van der Waals surface area contributed by atoms with Gasteiger partial charge in [-0.2, -0.15) is 0 Å². The van der Waals surface area contributed by atoms with E-state index in [-0.39, 0.29) is 13.0 Å². The lowest BCUT2D eigenvalue weighted by molar-refractivity contribution is -0.497. The fraction of sp³-hybridized carbons (Fsp3) is 0.250. The molecule has 23 heavy (non-hydrogen) atoms. The Morgan fingerprint density at radius 1 is 1.26 bits per heavy atom. The predicted molar refractivity (Wildman–Crippen MR) is 79.4 cm³/mol. The third-order valence-corrected chi connectivity index (χ3v) is 3.50. The number of nitrogens with zero attached hydrogens (tertiary/aromatic N) is 2. The van der Waals surface area contributed by atoms with Gasteiger partial charge in [-0.05, 0) is 29.8 Å². The standard InChI is InChI=1S/C16H14N2O5/c19-16(14-8-15(14)18(20)21)22-10-11-3-5-12(6-4-11)23-13-2-1-7-17-9-13/h1-7,9,14-15H,8,10H2/t14-,15-/m1/s1. The molecule has 3 rings (SSSR count). The molecule has 0 unspecified atom stereocenters. The lowest BCUT2D eigenvalue weighted by Crippen LogP contribution is -2.13. The van der Waals surface area contributed by atoms with E-state index in [0.29, 0.717) is 11.5 Å². The minimum absolute atomic E-state index is 0.0902. The number of hydrogen-bond acceptors (Lipinski definition) is 6. The van der Waals surface area contributed by atoms with Crippen molar-refractivity contribution < 1.29 is 19.2 Å². The summed E-state index contributed by atoms with van der Waals surface area (Å²) in [6, 6.07) is 9.86. The van der Waals surface area contributed by atoms with Crippen molar-refractivity contribution in [1.29, 1.82) is 0 Å². The van der Waals surface area contributed by atoms with Crippen molar-refractivity contribution in [1.82, 2.24) is 4.98 Å². The Kier molecular flexibility index (Phi) is 4.18. The lowest BCUT2D eigenvalue weighted by Gasteiger charge is -2.07. The molecule has 2 atom stereocenters. The van der Waals surface area contributed by atoms with Crippen molar-refractivity contribution in [2.75, 3.05) is 0 Å². The normalized spacial score (nSPS) is 19.0. The zero-order chi connectivity index (χ0) is 16.2. The smallest absolute Gasteiger partial charge is 0.316 e. The number of carbonyl (C=O) groups excluding carboxylic acids is 1. The van der Waals surface area contributed by atoms with Crippen LogP contribution in [0.25, 0.3) is 0 Å². The first-order valence-electron chi connectivity index (χ1n) is 7.10. The summed E-state index contributed by atoms with van der Waals surface area (Å²) < 4.78 is 10.7. The number of benzene rings is 1. The average Bonchev–Trinajstić information content (AvgIpc) is 3.36. The van der Waals surface area contributed by atoms with Crippen molar-refractivity contribution >= 4 is 5.97 Å². The number of rotatable bonds is 6. The van der Waals surface area contributed by atoms with Gasteiger partial charge in [0, 0.05) is 17.5 Å². The molecule has 1 heterocycles. The number of pyridine rings is 1. The van der Waals surface area contributed by atoms with E-state index < -0.39 is 22.9 Å². The minimum atomic E-state index is -0.780. The maximum absolute atomic E-state index is 11.6. The van der Waals surface area contributed by atoms with Crippen LogP contribution in [-0.4, -0.2) is 21.9 Å². The topological polar surface area (TPSA) is 91.6 Å². The molecule has 0 N–H and O–H groups in total. The predicted octanol–water partition coefficient (Wildman–Crippen LogP) is 2.58. The zero-order valence-corrected chi connectivity index (χ0v) is 12.1. The molecule has 118 valence electrons. The van der Waals surface area contributed by atoms with Crippen molar-refractivity contribution in [3.63, 3.8) is 0 Å². The monoisotopic (exact) mass is 314 g/mol. The summed E-state index contributed by atoms with van der Waals surface area (Å²) in [4.78, 5) is 25.7. The maximum Gasteiger partial charge on any atom is 0.316 e. The summed E-state index contributed by atoms with van der Waals surface area (Å²) in [6.07, 6.45) is 3.54. The van der Waals surface area contributed by atoms with Gasteiger partial charge < -0.3 is 9.47 Å². The molecule has 7 nitrogen and oxygen atoms in total. The number of ether oxygens (including phenoxy) is 2. The minimum Gasteiger partial charge on any atom is -0.460 e. The van der Waals surface area contributed by atoms with Crippen LogP contribution < -0.4 is 4.74 Å². The van der Waals surface area contributed by atoms with E-state index in [1.54, 1.807) is 48.8 Å². The molecule has 2 aromatic rings. The van der Waals surface area contributed by atoms with E-state index in [1.807, 2.05) is 0 Å². The number of hydrogen-bond donors (Lipinski definition) is 0. The Balaban J connectivity index is 1.50. The van der Waals surface area contributed by atoms with Crippen LogP contribution in [0, 0.1) is 16.0 Å². The highest BCUT2D eigenvalue weighted by molar-refractivity contribution is 5.76. The summed E-state index contributed by atoms with van der Waals surface area (Å²) >= 11 is 0. The van der Waals surface area contributed by atoms with Crippen molar-refractivity contribution in [2.24, 2.45) is 5.92 Å². The molecule has 0 bridgehead atoms. The first-order chi connectivity index (χ1) is 11.1. The molecule has 1 aliphatic rings. The molecular formula is C16H14N2O5. The van der Waals surface area contributed by atoms with Crippen LogP contribution >= 0.6 is 0 Å². The Labute approximate surface area is 132 Å². The van der Waals surface area contributed by atoms with Gasteiger partial charge in [0.1, 0.15) is 24.0 Å². The van der Waals surface area contributed by atoms with E-state index in [1.165, 1.54) is 0 Å². The fourth-order valence-electron chi connectivity index (χ4n) is 2.13. The third kappa shape index (κ3) is 3.82. The van der Waals surface area contributed by atoms with E-state index in [9.17, 15) is 14.9 Å². The van der Waals surface area contributed by atoms with Gasteiger partial charge in [-0.15, -0.1) is 0 Å². The molecule has 0 saturated heterocycles. The van der Waals surface area contributed by atoms with Crippen LogP contribution in [0.3, 0.4) is 0 Å². The number of aromatic nitrogens is 1. The molecule has 1 aromatic heterocycles. The Morgan fingerprint density at radius 3 is 2.65 bits per heavy atom. The second-order valence-electron chi connectivity index (χ2n) is 5.24. The van der Waals surface area contributed by atoms with Gasteiger partial charge in [0.25, 0.3) is 0 Å². The SMILES string of the molecule is O=C(OCc1ccc(Oc2cccnc2)cc1)[C@@H]1C[C@H]1[N+](=O)[O-]. The Bertz CT molecular complexity index is 702. The van der Waals surface area contributed by atoms with Gasteiger partial charge in [-0.3, -0.25) is 19.9 Å². The third-order valence-electron chi connectivity index (χ3n) is 3.50. The molecule has 0 amide bonds. The Hall–Kier alpha value is -2.96. The van der Waals surface area contributed by atoms with Crippen molar-refractivity contribution in [3.8, 4) is 11.5 Å². The molecule has 1 aliphatic carbocycles. The van der Waals surface area contributed by atoms with Crippen LogP contribution in [-0.2, 0) is 16.1 Å². The largest absolute Gasteiger partial charge is 0.460 e. The van der Waals surface area contributed by atoms with Crippen LogP contribution in [0.4, 0.5) is 0 Å². The van der Waals surface area contributed by atoms with Gasteiger partial charge >= 0.3 is 5.97 Å². The lowest BCUT2D eigenvalue weighted by atomic mass is 10.2. The fourth-order valence-corrected chi connectivity index (χ4v) is 2.13. The van der Waals surface area contributed by atoms with Crippen molar-refractivity contribution in [2.45, 2.75) is 19.1 Å². The van der Waals surface area contributed by atoms with Gasteiger partial charge in [-0.25, -0.2) is 0 Å². The molecule has 1 fully saturated rings. The van der Waals surface area contributed by atoms with Crippen LogP contribution in [0.5, 0.6) is 11.5 Å². The van der Waals surface area contributed by atoms with E-state index in [2.05, 4.69) is 4.98 Å². The van der Waals surface area contributed by atoms with Gasteiger partial charge in [0.05, 0.1) is 6.20 Å². The average molecular weight is 314 g/mol. The van der Waals surface area contributed by atoms with Gasteiger partial charge in [-0.1, -0.05) is 12.1 Å². The molecule has 1 aromatic carbocycles. The molecule has 7 heteroatoms. The highest BCUT2D eigenvalue weighted by Crippen LogP contribution is 2.34. The number of esters is 1. The van der Waals surface area contributed by atoms with Crippen LogP contribution in [0.15, 0.2) is 48.8 Å². The van der Waals surface area contributed by atoms with E-state index in [0.717, 1.165) is 5.56 Å². The molecule has 0 spiro atoms. The first-order valence-corrected chi connectivity index (χ1v) is 7.10. The van der Waals surface area contributed by atoms with Crippen LogP contribution in [0.2, 0.25) is 0 Å². The van der Waals surface area contributed by atoms with Crippen molar-refractivity contribution in [3.05, 3.63) is 64.5 Å². The van der Waals surface area contributed by atoms with E-state index in [4.69, 9.17) is 9.47 Å². The molecule has 0 radical (unpaired) electrons. The Morgan fingerprint density at radius 2 is 2.04 bits per heavy atom. The summed E-state index contributed by atoms with van der Waals surface area (Å²) in [6.45, 7) is 0.0902. The number of nitro groups is 1. The zero-order valence-electron chi connectivity index (χ0n) is 12.1. The summed E-state index contributed by atoms with van der Waals surface area (Å²) in [5.74, 6) is 0.162. The highest BCUT2D eigenvalue weighted by Gasteiger charge is 2.54. The summed E-state index contributed by atoms with van der Waals surface area (Å²) in [5.41, 5.74) is 0.787. The van der Waals surface area contributed by atoms with Crippen LogP contribution in [0.1, 0.15) is 12.0 Å². The molecule has 1 saturated carbocycles.